The van der Waals surface area contributed by atoms with Gasteiger partial charge >= 0.3 is 0 Å². The fraction of sp³-hybridized carbons (Fsp3) is 0.385. The van der Waals surface area contributed by atoms with Gasteiger partial charge in [0.25, 0.3) is 0 Å². The topological polar surface area (TPSA) is 101 Å². The number of nitrogens with one attached hydrogen (secondary N) is 2. The first-order valence-electron chi connectivity index (χ1n) is 11.5. The molecule has 7 nitrogen and oxygen atoms in total. The third kappa shape index (κ3) is 8.36. The molecule has 3 N–H and O–H groups in total. The molecule has 1 aromatic heterocycles. The third-order valence-corrected chi connectivity index (χ3v) is 6.66. The molecule has 0 aliphatic rings. The number of phenolic OH excluding ortho intramolecular Hbond substituents is 1. The van der Waals surface area contributed by atoms with Crippen LogP contribution in [0.25, 0.3) is 10.4 Å². The van der Waals surface area contributed by atoms with Gasteiger partial charge in [-0.3, -0.25) is 4.79 Å². The summed E-state index contributed by atoms with van der Waals surface area (Å²) in [6.45, 7) is 15.4. The number of nitrogens with zero attached hydrogens (tertiary/aromatic N) is 1. The van der Waals surface area contributed by atoms with Gasteiger partial charge in [0.2, 0.25) is 5.91 Å². The van der Waals surface area contributed by atoms with Gasteiger partial charge in [0.15, 0.2) is 16.1 Å². The summed E-state index contributed by atoms with van der Waals surface area (Å²) in [6, 6.07) is 11.7. The summed E-state index contributed by atoms with van der Waals surface area (Å²) in [5, 5.41) is 12.8. The molecule has 192 valence electrons. The van der Waals surface area contributed by atoms with E-state index in [1.807, 2.05) is 61.5 Å². The largest absolute Gasteiger partial charge is 0.508 e. The van der Waals surface area contributed by atoms with Gasteiger partial charge < -0.3 is 19.9 Å². The number of ether oxygens (including phenoxy) is 1. The van der Waals surface area contributed by atoms with Crippen molar-refractivity contribution in [2.24, 2.45) is 5.41 Å². The van der Waals surface area contributed by atoms with Crippen LogP contribution in [-0.4, -0.2) is 27.3 Å². The number of benzene rings is 2. The summed E-state index contributed by atoms with van der Waals surface area (Å²) >= 11 is 1.37. The molecule has 0 bridgehead atoms. The van der Waals surface area contributed by atoms with E-state index in [9.17, 15) is 14.1 Å². The van der Waals surface area contributed by atoms with Gasteiger partial charge in [0.05, 0.1) is 17.7 Å². The van der Waals surface area contributed by atoms with Gasteiger partial charge in [-0.1, -0.05) is 59.8 Å². The maximum Gasteiger partial charge on any atom is 0.231 e. The molecular formula is C26H37N3O4S2. The van der Waals surface area contributed by atoms with E-state index in [0.717, 1.165) is 16.1 Å². The number of thiazole rings is 1. The second kappa shape index (κ2) is 13.8. The Balaban J connectivity index is 0.00000145. The first kappa shape index (κ1) is 30.1. The molecule has 3 rings (SSSR count). The Hall–Kier alpha value is -2.91. The van der Waals surface area contributed by atoms with Crippen LogP contribution >= 0.6 is 11.3 Å². The van der Waals surface area contributed by atoms with Crippen LogP contribution in [0.1, 0.15) is 54.2 Å². The number of phenols is 1. The maximum atomic E-state index is 13.0. The number of carbonyl (C=O) groups is 1. The van der Waals surface area contributed by atoms with E-state index in [0.29, 0.717) is 21.5 Å². The molecule has 1 unspecified atom stereocenters. The van der Waals surface area contributed by atoms with E-state index in [1.54, 1.807) is 24.3 Å². The maximum absolute atomic E-state index is 13.0. The van der Waals surface area contributed by atoms with E-state index in [4.69, 9.17) is 4.74 Å². The molecule has 0 aliphatic carbocycles. The van der Waals surface area contributed by atoms with Crippen LogP contribution in [0.5, 0.6) is 11.5 Å². The molecule has 0 radical (unpaired) electrons. The van der Waals surface area contributed by atoms with Gasteiger partial charge in [-0.05, 0) is 55.0 Å². The summed E-state index contributed by atoms with van der Waals surface area (Å²) in [6.07, 6.45) is 0. The van der Waals surface area contributed by atoms with Gasteiger partial charge in [-0.25, -0.2) is 9.19 Å². The van der Waals surface area contributed by atoms with Crippen molar-refractivity contribution < 1.29 is 18.8 Å². The van der Waals surface area contributed by atoms with Crippen LogP contribution in [0.2, 0.25) is 0 Å². The standard InChI is InChI=1S/C22H25N3O4S2.2C2H6/c1-13-19(30-21(23-13)24-20(27)22(2,3)4)14-6-11-17(29-5)18(12-14)31(28)25-15-7-9-16(26)10-8-15;2*1-2/h6-12,25-26H,1-5H3,(H,23,24,27);2*1-2H3. The van der Waals surface area contributed by atoms with Crippen LogP contribution in [0, 0.1) is 12.3 Å². The number of methoxy groups -OCH3 is 1. The minimum Gasteiger partial charge on any atom is -0.508 e. The summed E-state index contributed by atoms with van der Waals surface area (Å²) in [4.78, 5) is 18.1. The van der Waals surface area contributed by atoms with E-state index in [-0.39, 0.29) is 11.7 Å². The van der Waals surface area contributed by atoms with Gasteiger partial charge in [-0.2, -0.15) is 0 Å². The zero-order chi connectivity index (χ0) is 26.8. The van der Waals surface area contributed by atoms with Gasteiger partial charge in [0.1, 0.15) is 16.4 Å². The average molecular weight is 520 g/mol. The molecular weight excluding hydrogens is 482 g/mol. The van der Waals surface area contributed by atoms with Crippen molar-refractivity contribution >= 4 is 39.0 Å². The fourth-order valence-corrected chi connectivity index (χ4v) is 4.64. The minimum atomic E-state index is -1.60. The van der Waals surface area contributed by atoms with Crippen LogP contribution in [-0.2, 0) is 15.8 Å². The van der Waals surface area contributed by atoms with E-state index in [1.165, 1.54) is 30.6 Å². The van der Waals surface area contributed by atoms with Crippen molar-refractivity contribution in [3.63, 3.8) is 0 Å². The summed E-state index contributed by atoms with van der Waals surface area (Å²) in [5.41, 5.74) is 1.67. The molecule has 0 fully saturated rings. The highest BCUT2D eigenvalue weighted by molar-refractivity contribution is 7.86. The lowest BCUT2D eigenvalue weighted by Crippen LogP contribution is -2.27. The molecule has 0 spiro atoms. The molecule has 0 aliphatic heterocycles. The number of aromatic nitrogens is 1. The van der Waals surface area contributed by atoms with Gasteiger partial charge in [-0.15, -0.1) is 0 Å². The molecule has 1 amide bonds. The normalized spacial score (nSPS) is 11.2. The number of hydrogen-bond donors (Lipinski definition) is 3. The first-order valence-corrected chi connectivity index (χ1v) is 13.5. The highest BCUT2D eigenvalue weighted by Gasteiger charge is 2.23. The Bertz CT molecular complexity index is 1120. The van der Waals surface area contributed by atoms with Crippen molar-refractivity contribution in [3.05, 3.63) is 48.2 Å². The van der Waals surface area contributed by atoms with Crippen LogP contribution < -0.4 is 14.8 Å². The predicted octanol–water partition coefficient (Wildman–Crippen LogP) is 7.00. The number of aryl methyl sites for hydroxylation is 1. The minimum absolute atomic E-state index is 0.109. The fourth-order valence-electron chi connectivity index (χ4n) is 2.66. The second-order valence-electron chi connectivity index (χ2n) is 7.92. The summed E-state index contributed by atoms with van der Waals surface area (Å²) < 4.78 is 21.3. The Kier molecular flexibility index (Phi) is 11.9. The van der Waals surface area contributed by atoms with Crippen LogP contribution in [0.15, 0.2) is 47.4 Å². The number of amides is 1. The number of hydrogen-bond acceptors (Lipinski definition) is 6. The quantitative estimate of drug-likeness (QED) is 0.304. The average Bonchev–Trinajstić information content (AvgIpc) is 3.21. The lowest BCUT2D eigenvalue weighted by atomic mass is 9.96. The Morgan fingerprint density at radius 1 is 1.06 bits per heavy atom. The molecule has 0 saturated carbocycles. The van der Waals surface area contributed by atoms with E-state index in [2.05, 4.69) is 15.0 Å². The Morgan fingerprint density at radius 3 is 2.20 bits per heavy atom. The van der Waals surface area contributed by atoms with Crippen molar-refractivity contribution in [2.75, 3.05) is 17.1 Å². The van der Waals surface area contributed by atoms with Crippen molar-refractivity contribution in [3.8, 4) is 21.9 Å². The van der Waals surface area contributed by atoms with E-state index >= 15 is 0 Å². The summed E-state index contributed by atoms with van der Waals surface area (Å²) in [7, 11) is -0.0772. The van der Waals surface area contributed by atoms with Crippen molar-refractivity contribution in [1.29, 1.82) is 0 Å². The van der Waals surface area contributed by atoms with Gasteiger partial charge in [0, 0.05) is 11.1 Å². The molecule has 35 heavy (non-hydrogen) atoms. The van der Waals surface area contributed by atoms with Crippen LogP contribution in [0.3, 0.4) is 0 Å². The van der Waals surface area contributed by atoms with Crippen molar-refractivity contribution in [1.82, 2.24) is 4.98 Å². The van der Waals surface area contributed by atoms with Crippen molar-refractivity contribution in [2.45, 2.75) is 60.3 Å². The predicted molar refractivity (Wildman–Crippen MR) is 148 cm³/mol. The molecule has 2 aromatic carbocycles. The zero-order valence-corrected chi connectivity index (χ0v) is 23.6. The number of rotatable bonds is 6. The van der Waals surface area contributed by atoms with Crippen LogP contribution in [0.4, 0.5) is 10.8 Å². The lowest BCUT2D eigenvalue weighted by Gasteiger charge is -2.15. The molecule has 1 atom stereocenters. The lowest BCUT2D eigenvalue weighted by molar-refractivity contribution is -0.123. The number of carbonyl (C=O) groups excluding carboxylic acids is 1. The third-order valence-electron chi connectivity index (χ3n) is 4.40. The monoisotopic (exact) mass is 519 g/mol. The molecule has 9 heteroatoms. The smallest absolute Gasteiger partial charge is 0.231 e. The molecule has 1 heterocycles. The SMILES string of the molecule is CC.CC.COc1ccc(-c2sc(NC(=O)C(C)(C)C)nc2C)cc1S(=O)Nc1ccc(O)cc1. The number of aromatic hydroxyl groups is 1. The van der Waals surface area contributed by atoms with E-state index < -0.39 is 16.4 Å². The highest BCUT2D eigenvalue weighted by atomic mass is 32.2. The second-order valence-corrected chi connectivity index (χ2v) is 10.1. The molecule has 0 saturated heterocycles. The number of anilines is 2. The first-order chi connectivity index (χ1) is 16.6. The highest BCUT2D eigenvalue weighted by Crippen LogP contribution is 2.36. The summed E-state index contributed by atoms with van der Waals surface area (Å²) in [5.74, 6) is 0.505. The Morgan fingerprint density at radius 2 is 1.66 bits per heavy atom. The Labute approximate surface area is 215 Å². The molecule has 3 aromatic rings. The zero-order valence-electron chi connectivity index (χ0n) is 22.0.